The van der Waals surface area contributed by atoms with Crippen molar-refractivity contribution >= 4 is 28.4 Å². The van der Waals surface area contributed by atoms with Gasteiger partial charge in [0.15, 0.2) is 5.69 Å². The van der Waals surface area contributed by atoms with Gasteiger partial charge in [0.1, 0.15) is 0 Å². The van der Waals surface area contributed by atoms with E-state index in [1.165, 1.54) is 6.42 Å². The summed E-state index contributed by atoms with van der Waals surface area (Å²) >= 11 is 5.86. The summed E-state index contributed by atoms with van der Waals surface area (Å²) < 4.78 is 1.77. The number of nitrogens with zero attached hydrogens (tertiary/aromatic N) is 3. The van der Waals surface area contributed by atoms with E-state index < -0.39 is 0 Å². The van der Waals surface area contributed by atoms with Gasteiger partial charge < -0.3 is 4.90 Å². The fraction of sp³-hybridized carbons (Fsp3) is 0.467. The topological polar surface area (TPSA) is 38.1 Å². The average molecular weight is 292 g/mol. The summed E-state index contributed by atoms with van der Waals surface area (Å²) in [6, 6.07) is 8.17. The van der Waals surface area contributed by atoms with Crippen LogP contribution >= 0.6 is 11.6 Å². The first kappa shape index (κ1) is 13.4. The lowest BCUT2D eigenvalue weighted by atomic mass is 9.91. The van der Waals surface area contributed by atoms with Crippen LogP contribution in [-0.2, 0) is 7.05 Å². The highest BCUT2D eigenvalue weighted by atomic mass is 35.5. The molecule has 0 radical (unpaired) electrons. The molecule has 1 aliphatic carbocycles. The van der Waals surface area contributed by atoms with Crippen molar-refractivity contribution in [3.05, 3.63) is 30.0 Å². The number of aryl methyl sites for hydroxylation is 1. The van der Waals surface area contributed by atoms with E-state index in [4.69, 9.17) is 11.6 Å². The molecule has 1 aliphatic rings. The molecule has 3 rings (SSSR count). The SMILES string of the molecule is Cn1nc(C(=O)N(CCCl)C2CCC2)c2ccccc21. The Labute approximate surface area is 123 Å². The molecule has 1 saturated carbocycles. The van der Waals surface area contributed by atoms with Crippen LogP contribution in [0.5, 0.6) is 0 Å². The minimum Gasteiger partial charge on any atom is -0.333 e. The molecule has 0 N–H and O–H groups in total. The number of rotatable bonds is 4. The van der Waals surface area contributed by atoms with Crippen molar-refractivity contribution in [1.82, 2.24) is 14.7 Å². The Bertz CT molecular complexity index is 633. The number of hydrogen-bond donors (Lipinski definition) is 0. The van der Waals surface area contributed by atoms with Gasteiger partial charge in [-0.1, -0.05) is 18.2 Å². The predicted octanol–water partition coefficient (Wildman–Crippen LogP) is 2.81. The minimum atomic E-state index is 0.00662. The third-order valence-corrected chi connectivity index (χ3v) is 4.23. The van der Waals surface area contributed by atoms with E-state index in [1.807, 2.05) is 36.2 Å². The Hall–Kier alpha value is -1.55. The Balaban J connectivity index is 1.98. The van der Waals surface area contributed by atoms with E-state index in [9.17, 15) is 4.79 Å². The van der Waals surface area contributed by atoms with Crippen molar-refractivity contribution in [2.75, 3.05) is 12.4 Å². The normalized spacial score (nSPS) is 15.3. The largest absolute Gasteiger partial charge is 0.333 e. The van der Waals surface area contributed by atoms with Crippen molar-refractivity contribution in [3.8, 4) is 0 Å². The molecular weight excluding hydrogens is 274 g/mol. The first-order valence-electron chi connectivity index (χ1n) is 7.01. The zero-order chi connectivity index (χ0) is 14.1. The molecule has 0 aliphatic heterocycles. The van der Waals surface area contributed by atoms with Crippen LogP contribution in [-0.4, -0.2) is 39.1 Å². The number of amides is 1. The third-order valence-electron chi connectivity index (χ3n) is 4.06. The Morgan fingerprint density at radius 1 is 1.45 bits per heavy atom. The molecule has 20 heavy (non-hydrogen) atoms. The van der Waals surface area contributed by atoms with Crippen molar-refractivity contribution in [2.24, 2.45) is 7.05 Å². The highest BCUT2D eigenvalue weighted by molar-refractivity contribution is 6.18. The monoisotopic (exact) mass is 291 g/mol. The smallest absolute Gasteiger partial charge is 0.275 e. The van der Waals surface area contributed by atoms with Gasteiger partial charge >= 0.3 is 0 Å². The lowest BCUT2D eigenvalue weighted by Gasteiger charge is -2.36. The molecule has 1 amide bonds. The molecule has 2 aromatic rings. The highest BCUT2D eigenvalue weighted by Crippen LogP contribution is 2.27. The maximum Gasteiger partial charge on any atom is 0.275 e. The summed E-state index contributed by atoms with van der Waals surface area (Å²) in [5.74, 6) is 0.472. The molecular formula is C15H18ClN3O. The first-order chi connectivity index (χ1) is 9.72. The van der Waals surface area contributed by atoms with Crippen LogP contribution in [0.25, 0.3) is 10.9 Å². The second-order valence-corrected chi connectivity index (χ2v) is 5.64. The third kappa shape index (κ3) is 2.18. The average Bonchev–Trinajstić information content (AvgIpc) is 2.74. The molecule has 0 unspecified atom stereocenters. The maximum atomic E-state index is 12.8. The molecule has 0 saturated heterocycles. The van der Waals surface area contributed by atoms with Crippen LogP contribution in [0.1, 0.15) is 29.8 Å². The molecule has 1 aromatic carbocycles. The molecule has 1 aromatic heterocycles. The van der Waals surface area contributed by atoms with Crippen LogP contribution < -0.4 is 0 Å². The number of benzene rings is 1. The second kappa shape index (κ2) is 5.44. The molecule has 0 bridgehead atoms. The Morgan fingerprint density at radius 3 is 2.85 bits per heavy atom. The number of fused-ring (bicyclic) bond motifs is 1. The van der Waals surface area contributed by atoms with Crippen molar-refractivity contribution in [2.45, 2.75) is 25.3 Å². The summed E-state index contributed by atoms with van der Waals surface area (Å²) in [5.41, 5.74) is 1.52. The zero-order valence-corrected chi connectivity index (χ0v) is 12.3. The molecule has 0 atom stereocenters. The highest BCUT2D eigenvalue weighted by Gasteiger charge is 2.31. The lowest BCUT2D eigenvalue weighted by Crippen LogP contribution is -2.45. The number of halogens is 1. The summed E-state index contributed by atoms with van der Waals surface area (Å²) in [4.78, 5) is 14.7. The van der Waals surface area contributed by atoms with E-state index in [0.717, 1.165) is 23.7 Å². The number of carbonyl (C=O) groups is 1. The number of hydrogen-bond acceptors (Lipinski definition) is 2. The van der Waals surface area contributed by atoms with Gasteiger partial charge in [0, 0.05) is 30.9 Å². The van der Waals surface area contributed by atoms with Crippen LogP contribution in [0.4, 0.5) is 0 Å². The maximum absolute atomic E-state index is 12.8. The van der Waals surface area contributed by atoms with Crippen LogP contribution in [0.3, 0.4) is 0 Å². The van der Waals surface area contributed by atoms with E-state index in [1.54, 1.807) is 4.68 Å². The summed E-state index contributed by atoms with van der Waals surface area (Å²) in [6.07, 6.45) is 3.35. The van der Waals surface area contributed by atoms with E-state index >= 15 is 0 Å². The van der Waals surface area contributed by atoms with Gasteiger partial charge in [-0.15, -0.1) is 11.6 Å². The second-order valence-electron chi connectivity index (χ2n) is 5.26. The first-order valence-corrected chi connectivity index (χ1v) is 7.54. The van der Waals surface area contributed by atoms with Crippen LogP contribution in [0.2, 0.25) is 0 Å². The molecule has 1 heterocycles. The standard InChI is InChI=1S/C15H18ClN3O/c1-18-13-8-3-2-7-12(13)14(17-18)15(20)19(10-9-16)11-5-4-6-11/h2-3,7-8,11H,4-6,9-10H2,1H3. The van der Waals surface area contributed by atoms with Crippen LogP contribution in [0, 0.1) is 0 Å². The predicted molar refractivity (Wildman–Crippen MR) is 80.1 cm³/mol. The van der Waals surface area contributed by atoms with Gasteiger partial charge in [-0.2, -0.15) is 5.10 Å². The zero-order valence-electron chi connectivity index (χ0n) is 11.6. The fourth-order valence-electron chi connectivity index (χ4n) is 2.75. The summed E-state index contributed by atoms with van der Waals surface area (Å²) in [7, 11) is 1.87. The molecule has 106 valence electrons. The van der Waals surface area contributed by atoms with Crippen molar-refractivity contribution in [3.63, 3.8) is 0 Å². The lowest BCUT2D eigenvalue weighted by molar-refractivity contribution is 0.0593. The molecule has 5 heteroatoms. The number of carbonyl (C=O) groups excluding carboxylic acids is 1. The van der Waals surface area contributed by atoms with Gasteiger partial charge in [-0.05, 0) is 25.3 Å². The van der Waals surface area contributed by atoms with Crippen molar-refractivity contribution in [1.29, 1.82) is 0 Å². The Kier molecular flexibility index (Phi) is 3.66. The van der Waals surface area contributed by atoms with Gasteiger partial charge in [0.2, 0.25) is 0 Å². The summed E-state index contributed by atoms with van der Waals surface area (Å²) in [5, 5.41) is 5.33. The van der Waals surface area contributed by atoms with Gasteiger partial charge in [-0.3, -0.25) is 9.48 Å². The number of alkyl halides is 1. The Morgan fingerprint density at radius 2 is 2.20 bits per heavy atom. The molecule has 4 nitrogen and oxygen atoms in total. The van der Waals surface area contributed by atoms with Crippen molar-refractivity contribution < 1.29 is 4.79 Å². The van der Waals surface area contributed by atoms with E-state index in [-0.39, 0.29) is 5.91 Å². The van der Waals surface area contributed by atoms with Crippen LogP contribution in [0.15, 0.2) is 24.3 Å². The quantitative estimate of drug-likeness (QED) is 0.813. The van der Waals surface area contributed by atoms with Gasteiger partial charge in [0.05, 0.1) is 5.52 Å². The van der Waals surface area contributed by atoms with Gasteiger partial charge in [-0.25, -0.2) is 0 Å². The summed E-state index contributed by atoms with van der Waals surface area (Å²) in [6.45, 7) is 0.593. The van der Waals surface area contributed by atoms with E-state index in [0.29, 0.717) is 24.2 Å². The molecule has 1 fully saturated rings. The number of aromatic nitrogens is 2. The molecule has 0 spiro atoms. The van der Waals surface area contributed by atoms with Gasteiger partial charge in [0.25, 0.3) is 5.91 Å². The fourth-order valence-corrected chi connectivity index (χ4v) is 2.93. The number of para-hydroxylation sites is 1. The minimum absolute atomic E-state index is 0.00662. The van der Waals surface area contributed by atoms with E-state index in [2.05, 4.69) is 5.10 Å².